The van der Waals surface area contributed by atoms with Gasteiger partial charge < -0.3 is 50.5 Å². The number of nitrogens with one attached hydrogen (secondary N) is 4. The fourth-order valence-electron chi connectivity index (χ4n) is 7.39. The van der Waals surface area contributed by atoms with Gasteiger partial charge in [0.15, 0.2) is 11.5 Å². The molecule has 4 amide bonds. The molecule has 0 aliphatic rings. The third kappa shape index (κ3) is 17.0. The average Bonchev–Trinajstić information content (AvgIpc) is 3.41. The molecule has 0 bridgehead atoms. The summed E-state index contributed by atoms with van der Waals surface area (Å²) in [4.78, 5) is 53.4. The van der Waals surface area contributed by atoms with Gasteiger partial charge in [-0.15, -0.1) is 0 Å². The molecule has 408 valence electrons. The summed E-state index contributed by atoms with van der Waals surface area (Å²) in [7, 11) is 5.55. The van der Waals surface area contributed by atoms with E-state index in [2.05, 4.69) is 79.9 Å². The highest BCUT2D eigenvalue weighted by Crippen LogP contribution is 2.41. The number of aromatic nitrogens is 2. The lowest BCUT2D eigenvalue weighted by molar-refractivity contribution is 0.186. The Bertz CT molecular complexity index is 3350. The molecule has 0 fully saturated rings. The van der Waals surface area contributed by atoms with E-state index in [1.807, 2.05) is 112 Å². The van der Waals surface area contributed by atoms with Crippen LogP contribution in [0, 0.1) is 0 Å². The van der Waals surface area contributed by atoms with E-state index in [-0.39, 0.29) is 10.8 Å². The fourth-order valence-corrected chi connectivity index (χ4v) is 7.39. The predicted molar refractivity (Wildman–Crippen MR) is 311 cm³/mol. The van der Waals surface area contributed by atoms with Crippen LogP contribution in [0.3, 0.4) is 0 Å². The van der Waals surface area contributed by atoms with Crippen molar-refractivity contribution >= 4 is 102 Å². The van der Waals surface area contributed by atoms with E-state index in [0.29, 0.717) is 51.4 Å². The normalized spacial score (nSPS) is 10.6. The van der Waals surface area contributed by atoms with Gasteiger partial charge in [0, 0.05) is 52.0 Å². The molecule has 78 heavy (non-hydrogen) atoms. The maximum absolute atomic E-state index is 13.2. The highest BCUT2D eigenvalue weighted by molar-refractivity contribution is 6.93. The van der Waals surface area contributed by atoms with Crippen LogP contribution in [-0.4, -0.2) is 61.3 Å². The highest BCUT2D eigenvalue weighted by Gasteiger charge is 2.23. The molecule has 8 N–H and O–H groups in total. The number of benzene rings is 6. The number of halogens is 2. The molecular formula is C58H62Cl2N8O10. The Kier molecular flexibility index (Phi) is 21.3. The summed E-state index contributed by atoms with van der Waals surface area (Å²) in [5.41, 5.74) is 16.5. The summed E-state index contributed by atoms with van der Waals surface area (Å²) in [6.07, 6.45) is 5.52. The molecule has 0 aliphatic heterocycles. The lowest BCUT2D eigenvalue weighted by atomic mass is 9.86. The molecular weight excluding hydrogens is 1040 g/mol. The Hall–Kier alpha value is -9.00. The first-order valence-corrected chi connectivity index (χ1v) is 24.6. The van der Waals surface area contributed by atoms with Gasteiger partial charge in [0.05, 0.1) is 56.9 Å². The first-order chi connectivity index (χ1) is 37.1. The Morgan fingerprint density at radius 1 is 0.462 bits per heavy atom. The largest absolute Gasteiger partial charge is 0.492 e. The SMILES string of the molecule is COC(=O)Nc1cc(C(C)(C)C)cc(N)c1OC.COC(=O)Nc1cc(C(C)(C)C)cc(NC(=O)Nc2ccc(Oc3ccncc3)c3ccccc23)c1OC.Nc1ccc(Oc2ccncc2)c2ccccc12.O=C(Cl)Cl. The number of nitrogens with zero attached hydrogens (tertiary/aromatic N) is 2. The van der Waals surface area contributed by atoms with E-state index in [9.17, 15) is 14.4 Å². The van der Waals surface area contributed by atoms with Crippen LogP contribution in [0.1, 0.15) is 52.7 Å². The summed E-state index contributed by atoms with van der Waals surface area (Å²) < 4.78 is 31.1. The van der Waals surface area contributed by atoms with Crippen molar-refractivity contribution in [3.63, 3.8) is 0 Å². The molecule has 0 aliphatic carbocycles. The molecule has 0 spiro atoms. The molecule has 18 nitrogen and oxygen atoms in total. The summed E-state index contributed by atoms with van der Waals surface area (Å²) in [6, 6.07) is 36.9. The van der Waals surface area contributed by atoms with Crippen LogP contribution < -0.4 is 51.7 Å². The van der Waals surface area contributed by atoms with Gasteiger partial charge in [0.2, 0.25) is 0 Å². The smallest absolute Gasteiger partial charge is 0.411 e. The van der Waals surface area contributed by atoms with Crippen LogP contribution in [0.5, 0.6) is 34.5 Å². The second-order valence-corrected chi connectivity index (χ2v) is 19.6. The van der Waals surface area contributed by atoms with Crippen molar-refractivity contribution in [1.82, 2.24) is 9.97 Å². The minimum Gasteiger partial charge on any atom is -0.492 e. The van der Waals surface area contributed by atoms with Crippen molar-refractivity contribution in [2.45, 2.75) is 52.4 Å². The van der Waals surface area contributed by atoms with Crippen molar-refractivity contribution in [2.75, 3.05) is 61.2 Å². The van der Waals surface area contributed by atoms with Gasteiger partial charge in [-0.25, -0.2) is 14.4 Å². The van der Waals surface area contributed by atoms with Crippen molar-refractivity contribution in [3.05, 3.63) is 157 Å². The van der Waals surface area contributed by atoms with E-state index in [1.54, 1.807) is 55.1 Å². The number of urea groups is 1. The van der Waals surface area contributed by atoms with E-state index in [4.69, 9.17) is 39.9 Å². The van der Waals surface area contributed by atoms with Crippen LogP contribution in [0.25, 0.3) is 21.5 Å². The average molecular weight is 1100 g/mol. The number of amides is 4. The number of nitrogens with two attached hydrogens (primary N) is 2. The Labute approximate surface area is 462 Å². The van der Waals surface area contributed by atoms with E-state index >= 15 is 0 Å². The number of hydrogen-bond acceptors (Lipinski definition) is 14. The van der Waals surface area contributed by atoms with Gasteiger partial charge in [-0.05, 0) is 118 Å². The lowest BCUT2D eigenvalue weighted by Gasteiger charge is -2.24. The highest BCUT2D eigenvalue weighted by atomic mass is 35.5. The van der Waals surface area contributed by atoms with E-state index < -0.39 is 22.9 Å². The van der Waals surface area contributed by atoms with Crippen molar-refractivity contribution in [1.29, 1.82) is 0 Å². The molecule has 0 saturated carbocycles. The Morgan fingerprint density at radius 2 is 0.846 bits per heavy atom. The first-order valence-electron chi connectivity index (χ1n) is 23.8. The molecule has 0 atom stereocenters. The van der Waals surface area contributed by atoms with Gasteiger partial charge in [-0.2, -0.15) is 0 Å². The predicted octanol–water partition coefficient (Wildman–Crippen LogP) is 15.1. The summed E-state index contributed by atoms with van der Waals surface area (Å²) in [6.45, 7) is 12.3. The van der Waals surface area contributed by atoms with E-state index in [1.165, 1.54) is 28.4 Å². The number of pyridine rings is 2. The minimum atomic E-state index is -0.889. The number of methoxy groups -OCH3 is 4. The summed E-state index contributed by atoms with van der Waals surface area (Å²) in [5.74, 6) is 3.60. The van der Waals surface area contributed by atoms with Crippen LogP contribution in [0.2, 0.25) is 0 Å². The first kappa shape index (κ1) is 59.9. The Balaban J connectivity index is 0.000000232. The van der Waals surface area contributed by atoms with Gasteiger partial charge in [-0.1, -0.05) is 90.1 Å². The van der Waals surface area contributed by atoms with Gasteiger partial charge in [-0.3, -0.25) is 25.4 Å². The Morgan fingerprint density at radius 3 is 1.29 bits per heavy atom. The molecule has 0 unspecified atom stereocenters. The maximum atomic E-state index is 13.2. The number of fused-ring (bicyclic) bond motifs is 2. The number of ether oxygens (including phenoxy) is 6. The minimum absolute atomic E-state index is 0.0764. The third-order valence-corrected chi connectivity index (χ3v) is 11.2. The molecule has 20 heteroatoms. The molecule has 0 saturated heterocycles. The number of carbonyl (C=O) groups excluding carboxylic acids is 4. The van der Waals surface area contributed by atoms with E-state index in [0.717, 1.165) is 49.9 Å². The molecule has 6 aromatic carbocycles. The molecule has 2 aromatic heterocycles. The van der Waals surface area contributed by atoms with Gasteiger partial charge in [0.1, 0.15) is 23.0 Å². The molecule has 8 rings (SSSR count). The van der Waals surface area contributed by atoms with Gasteiger partial charge >= 0.3 is 22.9 Å². The number of carbonyl (C=O) groups is 4. The number of rotatable bonds is 10. The second-order valence-electron chi connectivity index (χ2n) is 18.7. The zero-order valence-corrected chi connectivity index (χ0v) is 46.3. The molecule has 2 heterocycles. The molecule has 8 aromatic rings. The van der Waals surface area contributed by atoms with Gasteiger partial charge in [0.25, 0.3) is 0 Å². The second kappa shape index (κ2) is 27.7. The summed E-state index contributed by atoms with van der Waals surface area (Å²) >= 11 is 8.80. The van der Waals surface area contributed by atoms with Crippen LogP contribution >= 0.6 is 23.2 Å². The lowest BCUT2D eigenvalue weighted by Crippen LogP contribution is -2.22. The topological polar surface area (TPSA) is 250 Å². The van der Waals surface area contributed by atoms with Crippen LogP contribution in [0.4, 0.5) is 53.3 Å². The third-order valence-electron chi connectivity index (χ3n) is 11.2. The quantitative estimate of drug-likeness (QED) is 0.0551. The number of nitrogen functional groups attached to an aromatic ring is 2. The van der Waals surface area contributed by atoms with Crippen LogP contribution in [0.15, 0.2) is 146 Å². The number of hydrogen-bond donors (Lipinski definition) is 6. The maximum Gasteiger partial charge on any atom is 0.411 e. The van der Waals surface area contributed by atoms with Crippen molar-refractivity contribution in [2.24, 2.45) is 0 Å². The monoisotopic (exact) mass is 1100 g/mol. The van der Waals surface area contributed by atoms with Crippen molar-refractivity contribution < 1.29 is 47.6 Å². The van der Waals surface area contributed by atoms with Crippen LogP contribution in [-0.2, 0) is 20.3 Å². The van der Waals surface area contributed by atoms with Crippen molar-refractivity contribution in [3.8, 4) is 34.5 Å². The number of anilines is 6. The zero-order chi connectivity index (χ0) is 57.2. The molecule has 0 radical (unpaired) electrons. The fraction of sp³-hybridized carbons (Fsp3) is 0.207. The standard InChI is InChI=1S/C29H30N4O5.C15H12N2O.C13H20N2O3.CCl2O/c1-29(2,3)18-16-23(26(36-4)24(17-18)33-28(35)37-5)32-27(34)31-22-10-11-25(21-9-7-6-8-20(21)22)38-19-12-14-30-15-13-19;16-14-5-6-15(13-4-2-1-3-12(13)14)18-11-7-9-17-10-8-11;1-13(2,3)8-6-9(14)11(17-4)10(7-8)15-12(16)18-5;2-1(3)4/h6-17H,1-5H3,(H,33,35)(H2,31,32,34);1-10H,16H2;6-7H,14H2,1-5H3,(H,15,16);. The zero-order valence-electron chi connectivity index (χ0n) is 44.7. The summed E-state index contributed by atoms with van der Waals surface area (Å²) in [5, 5.41) is 14.7.